The van der Waals surface area contributed by atoms with Crippen molar-refractivity contribution < 1.29 is 4.52 Å². The van der Waals surface area contributed by atoms with Crippen LogP contribution in [-0.4, -0.2) is 51.6 Å². The number of aryl methyl sites for hydroxylation is 1. The molecule has 1 unspecified atom stereocenters. The molecule has 2 aromatic heterocycles. The average molecular weight is 289 g/mol. The van der Waals surface area contributed by atoms with Crippen LogP contribution in [0.4, 0.5) is 0 Å². The summed E-state index contributed by atoms with van der Waals surface area (Å²) in [6, 6.07) is 3.54. The SMILES string of the molecule is Cc1noc(C2CN(Cc3ccc(=O)[nH]c3)CCN2C)n1. The van der Waals surface area contributed by atoms with Crippen molar-refractivity contribution in [2.24, 2.45) is 0 Å². The average Bonchev–Trinajstić information content (AvgIpc) is 2.90. The molecule has 1 aliphatic rings. The zero-order chi connectivity index (χ0) is 14.8. The maximum atomic E-state index is 11.1. The lowest BCUT2D eigenvalue weighted by molar-refractivity contribution is 0.0714. The molecule has 21 heavy (non-hydrogen) atoms. The highest BCUT2D eigenvalue weighted by atomic mass is 16.5. The Hall–Kier alpha value is -1.99. The number of aromatic nitrogens is 3. The predicted molar refractivity (Wildman–Crippen MR) is 76.7 cm³/mol. The number of pyridine rings is 1. The van der Waals surface area contributed by atoms with Gasteiger partial charge in [-0.2, -0.15) is 4.98 Å². The highest BCUT2D eigenvalue weighted by Crippen LogP contribution is 2.23. The topological polar surface area (TPSA) is 78.3 Å². The van der Waals surface area contributed by atoms with Crippen molar-refractivity contribution in [1.29, 1.82) is 0 Å². The Morgan fingerprint density at radius 1 is 1.43 bits per heavy atom. The minimum absolute atomic E-state index is 0.0728. The van der Waals surface area contributed by atoms with Gasteiger partial charge in [0.2, 0.25) is 11.4 Å². The van der Waals surface area contributed by atoms with Crippen molar-refractivity contribution in [3.63, 3.8) is 0 Å². The van der Waals surface area contributed by atoms with Crippen LogP contribution in [0.25, 0.3) is 0 Å². The van der Waals surface area contributed by atoms with Crippen LogP contribution >= 0.6 is 0 Å². The fourth-order valence-electron chi connectivity index (χ4n) is 2.59. The molecule has 1 aliphatic heterocycles. The smallest absolute Gasteiger partial charge is 0.247 e. The number of hydrogen-bond acceptors (Lipinski definition) is 6. The first-order chi connectivity index (χ1) is 10.1. The Bertz CT molecular complexity index is 645. The molecular formula is C14H19N5O2. The largest absolute Gasteiger partial charge is 0.338 e. The van der Waals surface area contributed by atoms with E-state index in [0.29, 0.717) is 11.7 Å². The van der Waals surface area contributed by atoms with Crippen LogP contribution < -0.4 is 5.56 Å². The number of nitrogens with one attached hydrogen (secondary N) is 1. The summed E-state index contributed by atoms with van der Waals surface area (Å²) in [6.07, 6.45) is 1.77. The predicted octanol–water partition coefficient (Wildman–Crippen LogP) is 0.555. The second-order valence-electron chi connectivity index (χ2n) is 5.47. The highest BCUT2D eigenvalue weighted by molar-refractivity contribution is 5.09. The molecule has 7 nitrogen and oxygen atoms in total. The first-order valence-corrected chi connectivity index (χ1v) is 7.02. The molecule has 1 atom stereocenters. The third-order valence-corrected chi connectivity index (χ3v) is 3.82. The Morgan fingerprint density at radius 3 is 2.95 bits per heavy atom. The van der Waals surface area contributed by atoms with Crippen LogP contribution in [0.1, 0.15) is 23.3 Å². The van der Waals surface area contributed by atoms with Gasteiger partial charge in [-0.25, -0.2) is 0 Å². The van der Waals surface area contributed by atoms with Gasteiger partial charge in [-0.15, -0.1) is 0 Å². The van der Waals surface area contributed by atoms with E-state index in [4.69, 9.17) is 4.52 Å². The van der Waals surface area contributed by atoms with Crippen molar-refractivity contribution in [3.05, 3.63) is 46.0 Å². The standard InChI is InChI=1S/C14H19N5O2/c1-10-16-14(21-17-10)12-9-19(6-5-18(12)2)8-11-3-4-13(20)15-7-11/h3-4,7,12H,5-6,8-9H2,1-2H3,(H,15,20). The van der Waals surface area contributed by atoms with E-state index >= 15 is 0 Å². The van der Waals surface area contributed by atoms with Crippen LogP contribution in [0.3, 0.4) is 0 Å². The number of hydrogen-bond donors (Lipinski definition) is 1. The zero-order valence-corrected chi connectivity index (χ0v) is 12.2. The monoisotopic (exact) mass is 289 g/mol. The maximum absolute atomic E-state index is 11.1. The van der Waals surface area contributed by atoms with Crippen molar-refractivity contribution in [2.45, 2.75) is 19.5 Å². The Balaban J connectivity index is 1.70. The first-order valence-electron chi connectivity index (χ1n) is 7.02. The number of likely N-dealkylation sites (N-methyl/N-ethyl adjacent to an activating group) is 1. The molecule has 1 fully saturated rings. The van der Waals surface area contributed by atoms with E-state index in [2.05, 4.69) is 32.0 Å². The third-order valence-electron chi connectivity index (χ3n) is 3.82. The lowest BCUT2D eigenvalue weighted by atomic mass is 10.1. The molecule has 0 bridgehead atoms. The van der Waals surface area contributed by atoms with Crippen molar-refractivity contribution in [2.75, 3.05) is 26.7 Å². The van der Waals surface area contributed by atoms with Crippen LogP contribution in [0, 0.1) is 6.92 Å². The molecule has 0 aromatic carbocycles. The minimum Gasteiger partial charge on any atom is -0.338 e. The number of piperazine rings is 1. The molecule has 3 rings (SSSR count). The molecule has 7 heteroatoms. The number of H-pyrrole nitrogens is 1. The van der Waals surface area contributed by atoms with E-state index in [9.17, 15) is 4.79 Å². The van der Waals surface area contributed by atoms with Gasteiger partial charge in [0.05, 0.1) is 0 Å². The van der Waals surface area contributed by atoms with Crippen LogP contribution in [0.2, 0.25) is 0 Å². The quantitative estimate of drug-likeness (QED) is 0.889. The molecule has 1 N–H and O–H groups in total. The highest BCUT2D eigenvalue weighted by Gasteiger charge is 2.29. The first kappa shape index (κ1) is 14.0. The van der Waals surface area contributed by atoms with Gasteiger partial charge >= 0.3 is 0 Å². The summed E-state index contributed by atoms with van der Waals surface area (Å²) in [5.74, 6) is 1.33. The van der Waals surface area contributed by atoms with Gasteiger partial charge in [0.25, 0.3) is 0 Å². The van der Waals surface area contributed by atoms with E-state index < -0.39 is 0 Å². The van der Waals surface area contributed by atoms with Gasteiger partial charge in [-0.05, 0) is 19.5 Å². The number of nitrogens with zero attached hydrogens (tertiary/aromatic N) is 4. The fourth-order valence-corrected chi connectivity index (χ4v) is 2.59. The summed E-state index contributed by atoms with van der Waals surface area (Å²) in [5, 5.41) is 3.87. The van der Waals surface area contributed by atoms with E-state index in [1.807, 2.05) is 13.0 Å². The van der Waals surface area contributed by atoms with E-state index in [1.54, 1.807) is 12.3 Å². The maximum Gasteiger partial charge on any atom is 0.247 e. The molecule has 0 amide bonds. The molecule has 0 saturated carbocycles. The summed E-state index contributed by atoms with van der Waals surface area (Å²) in [6.45, 7) is 5.37. The zero-order valence-electron chi connectivity index (χ0n) is 12.2. The molecular weight excluding hydrogens is 270 g/mol. The van der Waals surface area contributed by atoms with Crippen molar-refractivity contribution in [1.82, 2.24) is 24.9 Å². The molecule has 3 heterocycles. The van der Waals surface area contributed by atoms with Crippen molar-refractivity contribution in [3.8, 4) is 0 Å². The van der Waals surface area contributed by atoms with Crippen LogP contribution in [0.15, 0.2) is 27.6 Å². The molecule has 0 aliphatic carbocycles. The van der Waals surface area contributed by atoms with E-state index in [1.165, 1.54) is 0 Å². The number of aromatic amines is 1. The lowest BCUT2D eigenvalue weighted by Crippen LogP contribution is -2.46. The Labute approximate surface area is 122 Å². The minimum atomic E-state index is -0.0728. The van der Waals surface area contributed by atoms with Gasteiger partial charge in [-0.1, -0.05) is 11.2 Å². The normalized spacial score (nSPS) is 20.8. The van der Waals surface area contributed by atoms with Gasteiger partial charge in [0.15, 0.2) is 5.82 Å². The summed E-state index contributed by atoms with van der Waals surface area (Å²) in [5.41, 5.74) is 1.02. The summed E-state index contributed by atoms with van der Waals surface area (Å²) >= 11 is 0. The Morgan fingerprint density at radius 2 is 2.29 bits per heavy atom. The van der Waals surface area contributed by atoms with Crippen LogP contribution in [-0.2, 0) is 6.54 Å². The van der Waals surface area contributed by atoms with Gasteiger partial charge in [0, 0.05) is 38.4 Å². The molecule has 112 valence electrons. The second-order valence-corrected chi connectivity index (χ2v) is 5.47. The number of rotatable bonds is 3. The van der Waals surface area contributed by atoms with Gasteiger partial charge in [0.1, 0.15) is 6.04 Å². The summed E-state index contributed by atoms with van der Waals surface area (Å²) < 4.78 is 5.31. The third kappa shape index (κ3) is 3.20. The Kier molecular flexibility index (Phi) is 3.85. The molecule has 1 saturated heterocycles. The van der Waals surface area contributed by atoms with E-state index in [-0.39, 0.29) is 11.6 Å². The fraction of sp³-hybridized carbons (Fsp3) is 0.500. The summed E-state index contributed by atoms with van der Waals surface area (Å²) in [4.78, 5) is 22.7. The molecule has 2 aromatic rings. The lowest BCUT2D eigenvalue weighted by Gasteiger charge is -2.37. The van der Waals surface area contributed by atoms with Crippen LogP contribution in [0.5, 0.6) is 0 Å². The molecule has 0 spiro atoms. The molecule has 0 radical (unpaired) electrons. The second kappa shape index (κ2) is 5.79. The van der Waals surface area contributed by atoms with Gasteiger partial charge in [-0.3, -0.25) is 14.6 Å². The summed E-state index contributed by atoms with van der Waals surface area (Å²) in [7, 11) is 2.07. The van der Waals surface area contributed by atoms with E-state index in [0.717, 1.165) is 31.7 Å². The van der Waals surface area contributed by atoms with Gasteiger partial charge < -0.3 is 9.51 Å². The van der Waals surface area contributed by atoms with Crippen molar-refractivity contribution >= 4 is 0 Å².